The molecule has 0 aliphatic heterocycles. The molecule has 19 heavy (non-hydrogen) atoms. The van der Waals surface area contributed by atoms with Crippen molar-refractivity contribution in [1.29, 1.82) is 0 Å². The Kier molecular flexibility index (Phi) is 15.1. The van der Waals surface area contributed by atoms with E-state index in [0.717, 1.165) is 6.29 Å². The van der Waals surface area contributed by atoms with Crippen LogP contribution in [0.15, 0.2) is 37.4 Å². The third-order valence-electron chi connectivity index (χ3n) is 1.34. The largest absolute Gasteiger partial charge is 0.303 e. The lowest BCUT2D eigenvalue weighted by Gasteiger charge is -1.90. The van der Waals surface area contributed by atoms with E-state index in [2.05, 4.69) is 32.2 Å². The van der Waals surface area contributed by atoms with Crippen LogP contribution >= 0.6 is 0 Å². The number of nitrogens with zero attached hydrogens (tertiary/aromatic N) is 5. The van der Waals surface area contributed by atoms with Gasteiger partial charge in [-0.05, 0) is 6.08 Å². The molecule has 0 aliphatic rings. The van der Waals surface area contributed by atoms with Crippen molar-refractivity contribution in [2.24, 2.45) is 0 Å². The van der Waals surface area contributed by atoms with Gasteiger partial charge in [0.1, 0.15) is 12.6 Å². The van der Waals surface area contributed by atoms with E-state index in [1.807, 2.05) is 0 Å². The molecule has 0 bridgehead atoms. The van der Waals surface area contributed by atoms with Crippen molar-refractivity contribution in [3.05, 3.63) is 37.4 Å². The van der Waals surface area contributed by atoms with Crippen LogP contribution in [0.3, 0.4) is 0 Å². The van der Waals surface area contributed by atoms with Gasteiger partial charge in [-0.2, -0.15) is 30.4 Å². The number of H-pyrrole nitrogens is 1. The van der Waals surface area contributed by atoms with Gasteiger partial charge in [0.2, 0.25) is 0 Å². The summed E-state index contributed by atoms with van der Waals surface area (Å²) in [7, 11) is 0. The van der Waals surface area contributed by atoms with Crippen molar-refractivity contribution < 1.29 is 9.59 Å². The van der Waals surface area contributed by atoms with E-state index < -0.39 is 0 Å². The fourth-order valence-corrected chi connectivity index (χ4v) is 0.694. The highest BCUT2D eigenvalue weighted by Gasteiger charge is 1.87. The number of allylic oxidation sites excluding steroid dienone is 1. The molecule has 0 unspecified atom stereocenters. The van der Waals surface area contributed by atoms with Gasteiger partial charge in [0, 0.05) is 6.42 Å². The standard InChI is InChI=1S/C5H7N3O.C3H4O.C2H3N3.CH4/c9-5-1-4-8-6-2-3-7-8;1-2-3-4;1-2-4-5-3-1;/h2-3,5H,1,4H2;2-3H,1H2;1-2H,(H,3,4,5);1H4. The van der Waals surface area contributed by atoms with Gasteiger partial charge in [-0.3, -0.25) is 4.79 Å². The zero-order valence-corrected chi connectivity index (χ0v) is 9.72. The number of carbonyl (C=O) groups excluding carboxylic acids is 2. The lowest BCUT2D eigenvalue weighted by molar-refractivity contribution is -0.108. The van der Waals surface area contributed by atoms with Gasteiger partial charge in [0.05, 0.1) is 31.3 Å². The Bertz CT molecular complexity index is 376. The van der Waals surface area contributed by atoms with Crippen LogP contribution < -0.4 is 0 Å². The van der Waals surface area contributed by atoms with Crippen molar-refractivity contribution >= 4 is 12.6 Å². The molecule has 8 nitrogen and oxygen atoms in total. The molecule has 0 amide bonds. The first-order valence-electron chi connectivity index (χ1n) is 4.98. The molecule has 0 spiro atoms. The fourth-order valence-electron chi connectivity index (χ4n) is 0.694. The molecule has 0 saturated heterocycles. The summed E-state index contributed by atoms with van der Waals surface area (Å²) in [4.78, 5) is 20.4. The molecule has 0 fully saturated rings. The third-order valence-corrected chi connectivity index (χ3v) is 1.34. The van der Waals surface area contributed by atoms with Crippen LogP contribution in [0.1, 0.15) is 13.8 Å². The predicted octanol–water partition coefficient (Wildman–Crippen LogP) is 0.679. The van der Waals surface area contributed by atoms with Crippen molar-refractivity contribution in [1.82, 2.24) is 30.4 Å². The van der Waals surface area contributed by atoms with Crippen molar-refractivity contribution in [2.45, 2.75) is 20.4 Å². The Labute approximate surface area is 111 Å². The second kappa shape index (κ2) is 15.4. The number of aryl methyl sites for hydroxylation is 1. The Balaban J connectivity index is 0. The van der Waals surface area contributed by atoms with Crippen LogP contribution in [0.2, 0.25) is 0 Å². The molecule has 104 valence electrons. The highest BCUT2D eigenvalue weighted by molar-refractivity contribution is 5.63. The van der Waals surface area contributed by atoms with Crippen LogP contribution in [0, 0.1) is 0 Å². The number of rotatable bonds is 4. The zero-order valence-electron chi connectivity index (χ0n) is 9.72. The third kappa shape index (κ3) is 13.3. The van der Waals surface area contributed by atoms with E-state index in [4.69, 9.17) is 4.79 Å². The summed E-state index contributed by atoms with van der Waals surface area (Å²) in [5.41, 5.74) is 0. The van der Waals surface area contributed by atoms with Crippen LogP contribution in [-0.4, -0.2) is 43.0 Å². The van der Waals surface area contributed by atoms with Gasteiger partial charge in [0.25, 0.3) is 0 Å². The maximum atomic E-state index is 9.83. The quantitative estimate of drug-likeness (QED) is 0.644. The Morgan fingerprint density at radius 1 is 1.11 bits per heavy atom. The van der Waals surface area contributed by atoms with Crippen molar-refractivity contribution in [2.75, 3.05) is 0 Å². The molecule has 1 N–H and O–H groups in total. The maximum Gasteiger partial charge on any atom is 0.142 e. The summed E-state index contributed by atoms with van der Waals surface area (Å²) >= 11 is 0. The lowest BCUT2D eigenvalue weighted by Crippen LogP contribution is -2.01. The molecule has 8 heteroatoms. The van der Waals surface area contributed by atoms with E-state index in [1.54, 1.807) is 24.8 Å². The average Bonchev–Trinajstić information content (AvgIpc) is 3.11. The Hall–Kier alpha value is -2.64. The number of aromatic nitrogens is 6. The number of hydrogen-bond acceptors (Lipinski definition) is 6. The summed E-state index contributed by atoms with van der Waals surface area (Å²) in [6.45, 7) is 3.69. The molecule has 0 saturated carbocycles. The van der Waals surface area contributed by atoms with E-state index >= 15 is 0 Å². The summed E-state index contributed by atoms with van der Waals surface area (Å²) in [5.74, 6) is 0. The summed E-state index contributed by atoms with van der Waals surface area (Å²) < 4.78 is 0. The minimum Gasteiger partial charge on any atom is -0.303 e. The smallest absolute Gasteiger partial charge is 0.142 e. The predicted molar refractivity (Wildman–Crippen MR) is 70.1 cm³/mol. The second-order valence-electron chi connectivity index (χ2n) is 2.61. The van der Waals surface area contributed by atoms with Crippen LogP contribution in [0.5, 0.6) is 0 Å². The second-order valence-corrected chi connectivity index (χ2v) is 2.61. The van der Waals surface area contributed by atoms with Gasteiger partial charge in [-0.1, -0.05) is 14.0 Å². The van der Waals surface area contributed by atoms with E-state index in [-0.39, 0.29) is 7.43 Å². The molecule has 0 aliphatic carbocycles. The summed E-state index contributed by atoms with van der Waals surface area (Å²) in [6.07, 6.45) is 9.51. The zero-order chi connectivity index (χ0) is 13.5. The number of carbonyl (C=O) groups is 2. The topological polar surface area (TPSA) is 106 Å². The Morgan fingerprint density at radius 3 is 1.95 bits per heavy atom. The van der Waals surface area contributed by atoms with E-state index in [1.165, 1.54) is 10.9 Å². The van der Waals surface area contributed by atoms with Crippen molar-refractivity contribution in [3.63, 3.8) is 0 Å². The fraction of sp³-hybridized carbons (Fsp3) is 0.273. The SMILES string of the molecule is C.C=CC=O.O=CCCn1nccn1.c1cn[nH]n1. The number of aromatic amines is 1. The molecule has 0 radical (unpaired) electrons. The molecular weight excluding hydrogens is 248 g/mol. The van der Waals surface area contributed by atoms with Crippen LogP contribution in [-0.2, 0) is 16.1 Å². The average molecular weight is 266 g/mol. The van der Waals surface area contributed by atoms with E-state index in [9.17, 15) is 4.79 Å². The number of hydrogen-bond donors (Lipinski definition) is 1. The van der Waals surface area contributed by atoms with Crippen LogP contribution in [0.25, 0.3) is 0 Å². The molecule has 2 rings (SSSR count). The number of aldehydes is 2. The molecule has 2 aromatic heterocycles. The monoisotopic (exact) mass is 266 g/mol. The molecule has 2 heterocycles. The highest BCUT2D eigenvalue weighted by Crippen LogP contribution is 1.79. The van der Waals surface area contributed by atoms with E-state index in [0.29, 0.717) is 19.3 Å². The summed E-state index contributed by atoms with van der Waals surface area (Å²) in [5, 5.41) is 16.9. The minimum atomic E-state index is 0. The first-order valence-corrected chi connectivity index (χ1v) is 4.98. The maximum absolute atomic E-state index is 9.83. The lowest BCUT2D eigenvalue weighted by atomic mass is 10.5. The highest BCUT2D eigenvalue weighted by atomic mass is 16.1. The molecular formula is C11H18N6O2. The Morgan fingerprint density at radius 2 is 1.63 bits per heavy atom. The van der Waals surface area contributed by atoms with Crippen molar-refractivity contribution in [3.8, 4) is 0 Å². The van der Waals surface area contributed by atoms with Crippen LogP contribution in [0.4, 0.5) is 0 Å². The minimum absolute atomic E-state index is 0. The van der Waals surface area contributed by atoms with Gasteiger partial charge in [0.15, 0.2) is 0 Å². The summed E-state index contributed by atoms with van der Waals surface area (Å²) in [6, 6.07) is 0. The van der Waals surface area contributed by atoms with Gasteiger partial charge >= 0.3 is 0 Å². The van der Waals surface area contributed by atoms with Gasteiger partial charge in [-0.25, -0.2) is 0 Å². The van der Waals surface area contributed by atoms with Gasteiger partial charge < -0.3 is 4.79 Å². The molecule has 2 aromatic rings. The number of nitrogens with one attached hydrogen (secondary N) is 1. The molecule has 0 atom stereocenters. The van der Waals surface area contributed by atoms with Gasteiger partial charge in [-0.15, -0.1) is 0 Å². The molecule has 0 aromatic carbocycles. The normalized spacial score (nSPS) is 7.58. The first-order chi connectivity index (χ1) is 8.85. The first kappa shape index (κ1) is 18.7.